The molecule has 5 aliphatic rings. The molecule has 0 spiro atoms. The van der Waals surface area contributed by atoms with Crippen LogP contribution < -0.4 is 0 Å². The summed E-state index contributed by atoms with van der Waals surface area (Å²) in [5, 5.41) is 31.3. The molecular formula is C24H48Cu4N9O7V3-4. The Balaban J connectivity index is -0.000000309. The van der Waals surface area contributed by atoms with E-state index in [1.807, 2.05) is 0 Å². The summed E-state index contributed by atoms with van der Waals surface area (Å²) in [6, 6.07) is 1.82. The van der Waals surface area contributed by atoms with Crippen molar-refractivity contribution in [2.75, 3.05) is 26.2 Å². The van der Waals surface area contributed by atoms with E-state index in [1.54, 1.807) is 0 Å². The number of hydrogen-bond donors (Lipinski definition) is 4. The first-order valence-corrected chi connectivity index (χ1v) is 18.9. The van der Waals surface area contributed by atoms with Crippen LogP contribution in [0.15, 0.2) is 12.2 Å². The maximum absolute atomic E-state index is 9.70. The quantitative estimate of drug-likeness (QED) is 0.201. The summed E-state index contributed by atoms with van der Waals surface area (Å²) in [6.07, 6.45) is 16.6. The van der Waals surface area contributed by atoms with Crippen LogP contribution in [-0.4, -0.2) is 90.6 Å². The van der Waals surface area contributed by atoms with E-state index in [1.165, 1.54) is 44.9 Å². The van der Waals surface area contributed by atoms with Gasteiger partial charge in [-0.15, -0.1) is 38.3 Å². The van der Waals surface area contributed by atoms with Gasteiger partial charge in [0, 0.05) is 35.6 Å². The second kappa shape index (κ2) is 29.0. The Hall–Kier alpha value is 2.61. The fourth-order valence-electron chi connectivity index (χ4n) is 6.25. The molecule has 4 radical (unpaired) electrons. The van der Waals surface area contributed by atoms with Gasteiger partial charge in [0.1, 0.15) is 0 Å². The summed E-state index contributed by atoms with van der Waals surface area (Å²) in [5.41, 5.74) is 0. The predicted molar refractivity (Wildman–Crippen MR) is 152 cm³/mol. The Bertz CT molecular complexity index is 882. The Morgan fingerprint density at radius 3 is 1.23 bits per heavy atom. The van der Waals surface area contributed by atoms with Crippen molar-refractivity contribution in [3.05, 3.63) is 62.5 Å². The van der Waals surface area contributed by atoms with Crippen LogP contribution in [0.4, 0.5) is 0 Å². The first kappa shape index (κ1) is 58.9. The van der Waals surface area contributed by atoms with Gasteiger partial charge in [0.2, 0.25) is 0 Å². The zero-order valence-corrected chi connectivity index (χ0v) is 33.6. The van der Waals surface area contributed by atoms with Crippen LogP contribution in [-0.2, 0) is 127 Å². The van der Waals surface area contributed by atoms with E-state index in [9.17, 15) is 7.35 Å². The average molecular weight is 982 g/mol. The molecule has 8 unspecified atom stereocenters. The summed E-state index contributed by atoms with van der Waals surface area (Å²) < 4.78 is 53.8. The van der Waals surface area contributed by atoms with E-state index >= 15 is 0 Å². The molecule has 0 aromatic carbocycles. The maximum atomic E-state index is 9.70. The van der Waals surface area contributed by atoms with Crippen LogP contribution in [0.3, 0.4) is 0 Å². The van der Waals surface area contributed by atoms with Gasteiger partial charge in [0.15, 0.2) is 0 Å². The summed E-state index contributed by atoms with van der Waals surface area (Å²) in [7, 11) is 0. The van der Waals surface area contributed by atoms with E-state index in [-0.39, 0.29) is 135 Å². The molecule has 0 aromatic rings. The molecule has 0 bridgehead atoms. The third-order valence-electron chi connectivity index (χ3n) is 7.92. The number of piperidine rings is 3. The van der Waals surface area contributed by atoms with Gasteiger partial charge in [-0.2, -0.15) is 42.3 Å². The predicted octanol–water partition coefficient (Wildman–Crippen LogP) is 5.30. The van der Waals surface area contributed by atoms with Crippen molar-refractivity contribution in [3.63, 3.8) is 0 Å². The largest absolute Gasteiger partial charge is 0 e. The first-order valence-electron chi connectivity index (χ1n) is 14.2. The summed E-state index contributed by atoms with van der Waals surface area (Å²) >= 11 is -11.2. The molecule has 8 atom stereocenters. The second-order valence-corrected chi connectivity index (χ2v) is 15.2. The maximum Gasteiger partial charge on any atom is 0 e. The third-order valence-corrected chi connectivity index (χ3v) is 11.3. The minimum absolute atomic E-state index is 0. The van der Waals surface area contributed by atoms with E-state index in [0.29, 0.717) is 18.1 Å². The van der Waals surface area contributed by atoms with Gasteiger partial charge in [0.05, 0.1) is 0 Å². The van der Waals surface area contributed by atoms with Gasteiger partial charge < -0.3 is 50.4 Å². The molecule has 0 amide bonds. The van der Waals surface area contributed by atoms with Gasteiger partial charge in [-0.05, 0) is 0 Å². The smallest absolute Gasteiger partial charge is 0 e. The molecule has 5 heterocycles. The Kier molecular flexibility index (Phi) is 36.4. The van der Waals surface area contributed by atoms with Crippen LogP contribution in [0.1, 0.15) is 64.2 Å². The van der Waals surface area contributed by atoms with E-state index < -0.39 is 30.0 Å². The molecule has 0 saturated carbocycles. The van der Waals surface area contributed by atoms with E-state index in [4.69, 9.17) is 48.0 Å². The van der Waals surface area contributed by atoms with Gasteiger partial charge >= 0.3 is 107 Å². The molecule has 47 heavy (non-hydrogen) atoms. The Morgan fingerprint density at radius 1 is 0.596 bits per heavy atom. The molecule has 4 saturated heterocycles. The van der Waals surface area contributed by atoms with Crippen LogP contribution >= 0.6 is 0 Å². The second-order valence-electron chi connectivity index (χ2n) is 10.8. The SMILES string of the molecule is C1=CC(C2[N-]C(C3CCCC[N-]3)C(C3CCCC[N-]3)[N-]C2C2CCCC[N-]2)[N-]CC1.[Cu+2].[Cu+2].[Cu+].[Cu].[NH2-].[NH2-].[NH2-].[O]=[V]([OH])([OH])[O][V](=[O])([OH])[OH].[V]. The van der Waals surface area contributed by atoms with Crippen molar-refractivity contribution in [2.45, 2.75) is 113 Å². The number of nitrogens with two attached hydrogens (primary N) is 3. The summed E-state index contributed by atoms with van der Waals surface area (Å²) in [6.45, 7) is 3.89. The minimum atomic E-state index is -5.58. The van der Waals surface area contributed by atoms with E-state index in [0.717, 1.165) is 45.4 Å². The van der Waals surface area contributed by atoms with Crippen molar-refractivity contribution in [2.24, 2.45) is 0 Å². The number of hydrogen-bond acceptors (Lipinski definition) is 3. The monoisotopic (exact) mass is 979 g/mol. The Morgan fingerprint density at radius 2 is 0.957 bits per heavy atom. The van der Waals surface area contributed by atoms with Crippen molar-refractivity contribution < 1.29 is 143 Å². The number of piperazine rings is 1. The molecule has 5 rings (SSSR count). The van der Waals surface area contributed by atoms with E-state index in [2.05, 4.69) is 14.7 Å². The van der Waals surface area contributed by atoms with Gasteiger partial charge in [0.25, 0.3) is 0 Å². The molecule has 4 fully saturated rings. The van der Waals surface area contributed by atoms with Gasteiger partial charge in [-0.1, -0.05) is 70.3 Å². The third kappa shape index (κ3) is 20.0. The molecule has 10 N–H and O–H groups in total. The zero-order chi connectivity index (χ0) is 27.9. The zero-order valence-electron chi connectivity index (χ0n) is 25.6. The van der Waals surface area contributed by atoms with Gasteiger partial charge in [-0.25, -0.2) is 0 Å². The van der Waals surface area contributed by atoms with Crippen LogP contribution in [0.2, 0.25) is 0 Å². The minimum Gasteiger partial charge on any atom is 0 e. The van der Waals surface area contributed by atoms with Crippen molar-refractivity contribution in [1.29, 1.82) is 0 Å². The van der Waals surface area contributed by atoms with Crippen molar-refractivity contribution in [1.82, 2.24) is 0 Å². The molecule has 16 nitrogen and oxygen atoms in total. The van der Waals surface area contributed by atoms with Gasteiger partial charge in [-0.3, -0.25) is 0 Å². The Labute approximate surface area is 341 Å². The average Bonchev–Trinajstić information content (AvgIpc) is 2.93. The molecule has 294 valence electrons. The van der Waals surface area contributed by atoms with Crippen LogP contribution in [0.25, 0.3) is 50.4 Å². The van der Waals surface area contributed by atoms with Crippen molar-refractivity contribution >= 4 is 0 Å². The fraction of sp³-hybridized carbons (Fsp3) is 0.917. The first-order chi connectivity index (χ1) is 18.6. The normalized spacial score (nSPS) is 31.9. The fourth-order valence-corrected chi connectivity index (χ4v) is 8.47. The molecule has 0 aliphatic carbocycles. The number of rotatable bonds is 6. The standard InChI is InChI=1S/C24H38N6.4Cu.3H2N.4H2O.3O.3V/c1-5-13-25-17(9-1)21-22(18-10-2-6-14-26-18)30-24(20-12-4-8-16-28-20)23(29-21)19-11-3-7-15-27-19;;;;;;;;;;;;;;;;;/h1,9,17-24H,2-8,10-16H2;;;;;7*1H2;;;;;;/q-6;;+1;2*+2;3*-1;;;;;;;;;2*+2/p-4. The van der Waals surface area contributed by atoms with Crippen LogP contribution in [0.5, 0.6) is 0 Å². The van der Waals surface area contributed by atoms with Crippen LogP contribution in [0, 0.1) is 0 Å². The molecule has 0 aromatic heterocycles. The topological polar surface area (TPSA) is 309 Å². The molecule has 23 heteroatoms. The summed E-state index contributed by atoms with van der Waals surface area (Å²) in [5.74, 6) is 0. The molecular weight excluding hydrogens is 933 g/mol. The molecule has 5 aliphatic heterocycles. The number of nitrogens with zero attached hydrogens (tertiary/aromatic N) is 6. The van der Waals surface area contributed by atoms with Crippen molar-refractivity contribution in [3.8, 4) is 0 Å². The summed E-state index contributed by atoms with van der Waals surface area (Å²) in [4.78, 5) is 0.